The summed E-state index contributed by atoms with van der Waals surface area (Å²) in [5, 5.41) is 21.0. The van der Waals surface area contributed by atoms with E-state index in [1.807, 2.05) is 6.07 Å². The molecule has 1 aromatic heterocycles. The van der Waals surface area contributed by atoms with E-state index in [9.17, 15) is 15.0 Å². The number of halogens is 1. The topological polar surface area (TPSA) is 69.6 Å². The Morgan fingerprint density at radius 2 is 2.17 bits per heavy atom. The average Bonchev–Trinajstić information content (AvgIpc) is 2.80. The molecule has 0 fully saturated rings. The molecule has 0 unspecified atom stereocenters. The van der Waals surface area contributed by atoms with E-state index in [-0.39, 0.29) is 19.1 Å². The molecule has 1 amide bonds. The zero-order valence-corrected chi connectivity index (χ0v) is 11.6. The van der Waals surface area contributed by atoms with Crippen LogP contribution in [-0.4, -0.2) is 34.9 Å². The molecule has 0 radical (unpaired) electrons. The van der Waals surface area contributed by atoms with Crippen LogP contribution >= 0.6 is 22.9 Å². The number of carbonyl (C=O) groups is 1. The Morgan fingerprint density at radius 3 is 2.61 bits per heavy atom. The van der Waals surface area contributed by atoms with Crippen LogP contribution in [0.5, 0.6) is 0 Å². The van der Waals surface area contributed by atoms with Crippen molar-refractivity contribution in [1.29, 1.82) is 0 Å². The maximum absolute atomic E-state index is 11.7. The second-order valence-electron chi connectivity index (χ2n) is 3.91. The minimum absolute atomic E-state index is 0.301. The van der Waals surface area contributed by atoms with Gasteiger partial charge in [0.15, 0.2) is 0 Å². The highest BCUT2D eigenvalue weighted by Gasteiger charge is 2.27. The Balaban J connectivity index is 2.63. The van der Waals surface area contributed by atoms with Crippen molar-refractivity contribution in [2.75, 3.05) is 13.2 Å². The SMILES string of the molecule is CCC(CO)(CO)NC(=O)/C=C/c1ccc(Cl)s1. The van der Waals surface area contributed by atoms with Crippen LogP contribution in [0, 0.1) is 0 Å². The third-order valence-corrected chi connectivity index (χ3v) is 3.86. The molecular formula is C12H16ClNO3S. The quantitative estimate of drug-likeness (QED) is 0.698. The summed E-state index contributed by atoms with van der Waals surface area (Å²) >= 11 is 7.13. The van der Waals surface area contributed by atoms with Crippen molar-refractivity contribution in [2.24, 2.45) is 0 Å². The molecule has 1 aromatic rings. The van der Waals surface area contributed by atoms with Gasteiger partial charge in [-0.25, -0.2) is 0 Å². The summed E-state index contributed by atoms with van der Waals surface area (Å²) in [6, 6.07) is 3.56. The lowest BCUT2D eigenvalue weighted by Crippen LogP contribution is -2.53. The molecule has 4 nitrogen and oxygen atoms in total. The molecule has 3 N–H and O–H groups in total. The van der Waals surface area contributed by atoms with E-state index in [1.165, 1.54) is 17.4 Å². The smallest absolute Gasteiger partial charge is 0.244 e. The van der Waals surface area contributed by atoms with Crippen molar-refractivity contribution < 1.29 is 15.0 Å². The van der Waals surface area contributed by atoms with Crippen LogP contribution in [0.15, 0.2) is 18.2 Å². The Bertz CT molecular complexity index is 418. The lowest BCUT2D eigenvalue weighted by Gasteiger charge is -2.28. The Morgan fingerprint density at radius 1 is 1.50 bits per heavy atom. The second-order valence-corrected chi connectivity index (χ2v) is 5.66. The maximum Gasteiger partial charge on any atom is 0.244 e. The normalized spacial score (nSPS) is 12.0. The molecule has 0 spiro atoms. The minimum Gasteiger partial charge on any atom is -0.394 e. The number of carbonyl (C=O) groups excluding carboxylic acids is 1. The zero-order valence-electron chi connectivity index (χ0n) is 10.0. The molecule has 0 atom stereocenters. The van der Waals surface area contributed by atoms with Gasteiger partial charge < -0.3 is 15.5 Å². The third kappa shape index (κ3) is 4.10. The van der Waals surface area contributed by atoms with Gasteiger partial charge in [0, 0.05) is 11.0 Å². The van der Waals surface area contributed by atoms with Crippen LogP contribution in [0.3, 0.4) is 0 Å². The molecule has 100 valence electrons. The molecule has 0 aromatic carbocycles. The summed E-state index contributed by atoms with van der Waals surface area (Å²) in [6.07, 6.45) is 3.45. The molecule has 0 saturated carbocycles. The highest BCUT2D eigenvalue weighted by Crippen LogP contribution is 2.22. The summed E-state index contributed by atoms with van der Waals surface area (Å²) in [5.41, 5.74) is -0.964. The van der Waals surface area contributed by atoms with Gasteiger partial charge in [-0.15, -0.1) is 11.3 Å². The summed E-state index contributed by atoms with van der Waals surface area (Å²) in [7, 11) is 0. The number of thiophene rings is 1. The van der Waals surface area contributed by atoms with Crippen molar-refractivity contribution in [1.82, 2.24) is 5.32 Å². The van der Waals surface area contributed by atoms with Crippen molar-refractivity contribution in [3.8, 4) is 0 Å². The first kappa shape index (κ1) is 15.2. The van der Waals surface area contributed by atoms with Gasteiger partial charge in [-0.2, -0.15) is 0 Å². The Hall–Kier alpha value is -0.880. The van der Waals surface area contributed by atoms with E-state index in [0.29, 0.717) is 10.8 Å². The summed E-state index contributed by atoms with van der Waals surface area (Å²) in [6.45, 7) is 1.18. The first-order valence-electron chi connectivity index (χ1n) is 5.52. The molecule has 1 rings (SSSR count). The van der Waals surface area contributed by atoms with Crippen LogP contribution in [0.4, 0.5) is 0 Å². The molecule has 0 bridgehead atoms. The number of amides is 1. The van der Waals surface area contributed by atoms with Crippen LogP contribution in [0.2, 0.25) is 4.34 Å². The Labute approximate surface area is 115 Å². The van der Waals surface area contributed by atoms with Crippen LogP contribution < -0.4 is 5.32 Å². The lowest BCUT2D eigenvalue weighted by atomic mass is 9.98. The van der Waals surface area contributed by atoms with Gasteiger partial charge in [0.1, 0.15) is 0 Å². The van der Waals surface area contributed by atoms with Gasteiger partial charge in [-0.05, 0) is 24.6 Å². The molecule has 1 heterocycles. The van der Waals surface area contributed by atoms with Gasteiger partial charge in [-0.1, -0.05) is 18.5 Å². The molecule has 0 aliphatic rings. The summed E-state index contributed by atoms with van der Waals surface area (Å²) in [5.74, 6) is -0.357. The molecule has 0 saturated heterocycles. The van der Waals surface area contributed by atoms with Crippen molar-refractivity contribution in [3.63, 3.8) is 0 Å². The number of aliphatic hydroxyl groups is 2. The van der Waals surface area contributed by atoms with Gasteiger partial charge in [0.05, 0.1) is 23.1 Å². The Kier molecular flexibility index (Phi) is 5.81. The lowest BCUT2D eigenvalue weighted by molar-refractivity contribution is -0.119. The maximum atomic E-state index is 11.7. The highest BCUT2D eigenvalue weighted by molar-refractivity contribution is 7.17. The van der Waals surface area contributed by atoms with Gasteiger partial charge in [-0.3, -0.25) is 4.79 Å². The predicted molar refractivity (Wildman–Crippen MR) is 73.7 cm³/mol. The standard InChI is InChI=1S/C12H16ClNO3S/c1-2-12(7-15,8-16)14-11(17)6-4-9-3-5-10(13)18-9/h3-6,15-16H,2,7-8H2,1H3,(H,14,17)/b6-4+. The number of rotatable bonds is 6. The fourth-order valence-electron chi connectivity index (χ4n) is 1.32. The molecule has 6 heteroatoms. The molecule has 0 aliphatic carbocycles. The summed E-state index contributed by atoms with van der Waals surface area (Å²) in [4.78, 5) is 12.5. The molecular weight excluding hydrogens is 274 g/mol. The van der Waals surface area contributed by atoms with Crippen molar-refractivity contribution >= 4 is 34.9 Å². The van der Waals surface area contributed by atoms with Gasteiger partial charge in [0.25, 0.3) is 0 Å². The monoisotopic (exact) mass is 289 g/mol. The van der Waals surface area contributed by atoms with E-state index < -0.39 is 5.54 Å². The summed E-state index contributed by atoms with van der Waals surface area (Å²) < 4.78 is 0.656. The predicted octanol–water partition coefficient (Wildman–Crippen LogP) is 1.66. The number of hydrogen-bond donors (Lipinski definition) is 3. The number of nitrogens with one attached hydrogen (secondary N) is 1. The average molecular weight is 290 g/mol. The zero-order chi connectivity index (χ0) is 13.6. The van der Waals surface area contributed by atoms with Crippen LogP contribution in [0.1, 0.15) is 18.2 Å². The van der Waals surface area contributed by atoms with E-state index in [4.69, 9.17) is 11.6 Å². The van der Waals surface area contributed by atoms with E-state index >= 15 is 0 Å². The van der Waals surface area contributed by atoms with Gasteiger partial charge in [0.2, 0.25) is 5.91 Å². The van der Waals surface area contributed by atoms with E-state index in [2.05, 4.69) is 5.32 Å². The first-order chi connectivity index (χ1) is 8.55. The van der Waals surface area contributed by atoms with Gasteiger partial charge >= 0.3 is 0 Å². The minimum atomic E-state index is -0.964. The molecule has 0 aliphatic heterocycles. The number of hydrogen-bond acceptors (Lipinski definition) is 4. The third-order valence-electron chi connectivity index (χ3n) is 2.66. The van der Waals surface area contributed by atoms with E-state index in [0.717, 1.165) is 4.88 Å². The van der Waals surface area contributed by atoms with Crippen molar-refractivity contribution in [2.45, 2.75) is 18.9 Å². The fraction of sp³-hybridized carbons (Fsp3) is 0.417. The highest BCUT2D eigenvalue weighted by atomic mass is 35.5. The molecule has 18 heavy (non-hydrogen) atoms. The fourth-order valence-corrected chi connectivity index (χ4v) is 2.28. The second kappa shape index (κ2) is 6.89. The van der Waals surface area contributed by atoms with Crippen LogP contribution in [-0.2, 0) is 4.79 Å². The van der Waals surface area contributed by atoms with E-state index in [1.54, 1.807) is 19.1 Å². The largest absolute Gasteiger partial charge is 0.394 e. The number of aliphatic hydroxyl groups excluding tert-OH is 2. The van der Waals surface area contributed by atoms with Crippen molar-refractivity contribution in [3.05, 3.63) is 27.4 Å². The first-order valence-corrected chi connectivity index (χ1v) is 6.72. The van der Waals surface area contributed by atoms with Crippen LogP contribution in [0.25, 0.3) is 6.08 Å².